The molecule has 1 aromatic carbocycles. The zero-order chi connectivity index (χ0) is 19.4. The van der Waals surface area contributed by atoms with E-state index in [-0.39, 0.29) is 30.7 Å². The monoisotopic (exact) mass is 393 g/mol. The molecule has 1 aromatic rings. The Balaban J connectivity index is 1.39. The molecule has 0 bridgehead atoms. The van der Waals surface area contributed by atoms with Gasteiger partial charge in [-0.1, -0.05) is 30.7 Å². The molecule has 7 heteroatoms. The van der Waals surface area contributed by atoms with Gasteiger partial charge in [-0.2, -0.15) is 0 Å². The first-order valence-corrected chi connectivity index (χ1v) is 10.1. The number of carboxylic acids is 1. The van der Waals surface area contributed by atoms with E-state index in [0.29, 0.717) is 12.5 Å². The Hall–Kier alpha value is -1.79. The summed E-state index contributed by atoms with van der Waals surface area (Å²) in [4.78, 5) is 25.1. The molecule has 2 aliphatic carbocycles. The summed E-state index contributed by atoms with van der Waals surface area (Å²) in [5, 5.41) is 15.8. The third kappa shape index (κ3) is 5.36. The second-order valence-corrected chi connectivity index (χ2v) is 8.10. The first-order chi connectivity index (χ1) is 12.9. The van der Waals surface area contributed by atoms with Crippen LogP contribution in [0.25, 0.3) is 0 Å². The highest BCUT2D eigenvalue weighted by atomic mass is 35.5. The number of likely N-dealkylation sites (N-methyl/N-ethyl adjacent to an activating group) is 1. The van der Waals surface area contributed by atoms with E-state index in [1.165, 1.54) is 5.56 Å². The summed E-state index contributed by atoms with van der Waals surface area (Å²) in [6.45, 7) is 2.74. The highest BCUT2D eigenvalue weighted by molar-refractivity contribution is 6.30. The van der Waals surface area contributed by atoms with Crippen LogP contribution in [0.15, 0.2) is 24.3 Å². The lowest BCUT2D eigenvalue weighted by molar-refractivity contribution is -0.139. The second kappa shape index (κ2) is 8.93. The molecule has 2 amide bonds. The molecule has 27 heavy (non-hydrogen) atoms. The molecule has 0 radical (unpaired) electrons. The largest absolute Gasteiger partial charge is 0.480 e. The summed E-state index contributed by atoms with van der Waals surface area (Å²) in [6, 6.07) is 8.41. The molecular weight excluding hydrogens is 366 g/mol. The number of halogens is 1. The number of amides is 2. The van der Waals surface area contributed by atoms with Crippen molar-refractivity contribution in [2.24, 2.45) is 0 Å². The third-order valence-electron chi connectivity index (χ3n) is 5.80. The average Bonchev–Trinajstić information content (AvgIpc) is 3.04. The first kappa shape index (κ1) is 20.0. The van der Waals surface area contributed by atoms with Crippen molar-refractivity contribution in [3.05, 3.63) is 34.9 Å². The molecule has 0 spiro atoms. The van der Waals surface area contributed by atoms with Crippen LogP contribution >= 0.6 is 11.6 Å². The summed E-state index contributed by atoms with van der Waals surface area (Å²) in [6.07, 6.45) is 4.58. The summed E-state index contributed by atoms with van der Waals surface area (Å²) in [7, 11) is 0. The molecule has 2 atom stereocenters. The van der Waals surface area contributed by atoms with Gasteiger partial charge in [-0.3, -0.25) is 9.69 Å². The van der Waals surface area contributed by atoms with Gasteiger partial charge in [0.15, 0.2) is 0 Å². The number of carbonyl (C=O) groups is 2. The number of hydrogen-bond acceptors (Lipinski definition) is 3. The van der Waals surface area contributed by atoms with Crippen LogP contribution in [-0.4, -0.2) is 53.2 Å². The molecule has 3 rings (SSSR count). The van der Waals surface area contributed by atoms with Gasteiger partial charge >= 0.3 is 12.0 Å². The lowest BCUT2D eigenvalue weighted by Gasteiger charge is -2.42. The van der Waals surface area contributed by atoms with Crippen molar-refractivity contribution in [1.82, 2.24) is 15.5 Å². The van der Waals surface area contributed by atoms with E-state index in [1.807, 2.05) is 30.0 Å². The number of carbonyl (C=O) groups excluding carboxylic acids is 1. The van der Waals surface area contributed by atoms with Gasteiger partial charge in [0, 0.05) is 23.1 Å². The minimum Gasteiger partial charge on any atom is -0.480 e. The van der Waals surface area contributed by atoms with Gasteiger partial charge in [0.2, 0.25) is 0 Å². The Morgan fingerprint density at radius 1 is 1.19 bits per heavy atom. The van der Waals surface area contributed by atoms with Gasteiger partial charge in [-0.25, -0.2) is 4.79 Å². The number of hydrogen-bond donors (Lipinski definition) is 3. The van der Waals surface area contributed by atoms with Crippen molar-refractivity contribution in [3.8, 4) is 0 Å². The van der Waals surface area contributed by atoms with E-state index >= 15 is 0 Å². The first-order valence-electron chi connectivity index (χ1n) is 9.73. The molecule has 2 fully saturated rings. The summed E-state index contributed by atoms with van der Waals surface area (Å²) < 4.78 is 0. The number of aliphatic carboxylic acids is 1. The van der Waals surface area contributed by atoms with Crippen molar-refractivity contribution < 1.29 is 14.7 Å². The SMILES string of the molecule is CCN(CC(=O)O)C1CC(NC(=O)NC2CCC(c3cccc(Cl)c3)C2)C1. The van der Waals surface area contributed by atoms with Crippen LogP contribution in [0.2, 0.25) is 5.02 Å². The predicted molar refractivity (Wildman–Crippen MR) is 105 cm³/mol. The number of urea groups is 1. The van der Waals surface area contributed by atoms with Crippen LogP contribution in [0.3, 0.4) is 0 Å². The van der Waals surface area contributed by atoms with Gasteiger partial charge in [-0.05, 0) is 62.3 Å². The maximum atomic E-state index is 12.3. The Morgan fingerprint density at radius 3 is 2.59 bits per heavy atom. The van der Waals surface area contributed by atoms with Gasteiger partial charge < -0.3 is 15.7 Å². The van der Waals surface area contributed by atoms with E-state index in [0.717, 1.165) is 37.1 Å². The fourth-order valence-corrected chi connectivity index (χ4v) is 4.46. The molecule has 6 nitrogen and oxygen atoms in total. The average molecular weight is 394 g/mol. The standard InChI is InChI=1S/C20H28ClN3O3/c1-2-24(12-19(25)26)18-10-17(11-18)23-20(27)22-16-7-6-14(9-16)13-4-3-5-15(21)8-13/h3-5,8,14,16-18H,2,6-7,9-12H2,1H3,(H,25,26)(H2,22,23,27). The molecular formula is C20H28ClN3O3. The normalized spacial score (nSPS) is 27.2. The lowest BCUT2D eigenvalue weighted by Crippen LogP contribution is -2.57. The number of rotatable bonds is 7. The molecule has 148 valence electrons. The van der Waals surface area contributed by atoms with Crippen molar-refractivity contribution in [2.75, 3.05) is 13.1 Å². The number of nitrogens with zero attached hydrogens (tertiary/aromatic N) is 1. The molecule has 0 saturated heterocycles. The van der Waals surface area contributed by atoms with Crippen LogP contribution < -0.4 is 10.6 Å². The minimum absolute atomic E-state index is 0.0625. The molecule has 0 aliphatic heterocycles. The van der Waals surface area contributed by atoms with Gasteiger partial charge in [0.25, 0.3) is 0 Å². The molecule has 0 aromatic heterocycles. The van der Waals surface area contributed by atoms with Gasteiger partial charge in [0.1, 0.15) is 0 Å². The van der Waals surface area contributed by atoms with Gasteiger partial charge in [-0.15, -0.1) is 0 Å². The highest BCUT2D eigenvalue weighted by Crippen LogP contribution is 2.35. The number of carboxylic acid groups (broad SMARTS) is 1. The third-order valence-corrected chi connectivity index (χ3v) is 6.03. The quantitative estimate of drug-likeness (QED) is 0.664. The van der Waals surface area contributed by atoms with E-state index in [4.69, 9.17) is 16.7 Å². The van der Waals surface area contributed by atoms with Crippen molar-refractivity contribution >= 4 is 23.6 Å². The van der Waals surface area contributed by atoms with Crippen molar-refractivity contribution in [1.29, 1.82) is 0 Å². The van der Waals surface area contributed by atoms with Crippen molar-refractivity contribution in [2.45, 2.75) is 63.1 Å². The maximum absolute atomic E-state index is 12.3. The number of nitrogens with one attached hydrogen (secondary N) is 2. The summed E-state index contributed by atoms with van der Waals surface area (Å²) in [5.74, 6) is -0.363. The Kier molecular flexibility index (Phi) is 6.60. The van der Waals surface area contributed by atoms with Crippen LogP contribution in [0.4, 0.5) is 4.79 Å². The molecule has 2 saturated carbocycles. The van der Waals surface area contributed by atoms with E-state index < -0.39 is 5.97 Å². The molecule has 2 unspecified atom stereocenters. The predicted octanol–water partition coefficient (Wildman–Crippen LogP) is 3.21. The smallest absolute Gasteiger partial charge is 0.317 e. The second-order valence-electron chi connectivity index (χ2n) is 7.66. The van der Waals surface area contributed by atoms with E-state index in [1.54, 1.807) is 0 Å². The minimum atomic E-state index is -0.804. The number of benzene rings is 1. The molecule has 2 aliphatic rings. The summed E-state index contributed by atoms with van der Waals surface area (Å²) >= 11 is 6.08. The Labute approximate surface area is 165 Å². The van der Waals surface area contributed by atoms with Gasteiger partial charge in [0.05, 0.1) is 6.54 Å². The van der Waals surface area contributed by atoms with Crippen LogP contribution in [-0.2, 0) is 4.79 Å². The Bertz CT molecular complexity index is 678. The lowest BCUT2D eigenvalue weighted by atomic mass is 9.85. The Morgan fingerprint density at radius 2 is 1.93 bits per heavy atom. The zero-order valence-electron chi connectivity index (χ0n) is 15.7. The highest BCUT2D eigenvalue weighted by Gasteiger charge is 2.35. The maximum Gasteiger partial charge on any atom is 0.317 e. The zero-order valence-corrected chi connectivity index (χ0v) is 16.4. The topological polar surface area (TPSA) is 81.7 Å². The van der Waals surface area contributed by atoms with E-state index in [2.05, 4.69) is 16.7 Å². The van der Waals surface area contributed by atoms with Crippen molar-refractivity contribution in [3.63, 3.8) is 0 Å². The summed E-state index contributed by atoms with van der Waals surface area (Å²) in [5.41, 5.74) is 1.24. The molecule has 3 N–H and O–H groups in total. The van der Waals surface area contributed by atoms with E-state index in [9.17, 15) is 9.59 Å². The fraction of sp³-hybridized carbons (Fsp3) is 0.600. The van der Waals surface area contributed by atoms with Crippen LogP contribution in [0.1, 0.15) is 50.5 Å². The van der Waals surface area contributed by atoms with Crippen LogP contribution in [0.5, 0.6) is 0 Å². The molecule has 0 heterocycles. The fourth-order valence-electron chi connectivity index (χ4n) is 4.26. The van der Waals surface area contributed by atoms with Crippen LogP contribution in [0, 0.1) is 0 Å².